The minimum Gasteiger partial charge on any atom is -0.545 e. The second-order valence-corrected chi connectivity index (χ2v) is 2.41. The van der Waals surface area contributed by atoms with Gasteiger partial charge in [0.1, 0.15) is 0 Å². The molecule has 70 valence electrons. The number of halogens is 3. The summed E-state index contributed by atoms with van der Waals surface area (Å²) in [6.45, 7) is 1.57. The van der Waals surface area contributed by atoms with Gasteiger partial charge in [-0.1, -0.05) is 0 Å². The van der Waals surface area contributed by atoms with Gasteiger partial charge in [0.05, 0.1) is 5.97 Å². The van der Waals surface area contributed by atoms with Gasteiger partial charge in [0.15, 0.2) is 6.17 Å². The predicted octanol–water partition coefficient (Wildman–Crippen LogP) is 0.676. The molecule has 0 saturated heterocycles. The van der Waals surface area contributed by atoms with Gasteiger partial charge in [0.2, 0.25) is 0 Å². The Balaban J connectivity index is 4.61. The van der Waals surface area contributed by atoms with E-state index in [1.165, 1.54) is 0 Å². The highest BCUT2D eigenvalue weighted by atomic mass is 19.3. The molecule has 0 N–H and O–H groups in total. The lowest BCUT2D eigenvalue weighted by Crippen LogP contribution is -2.29. The molecular formula is C7H8F3O2-. The highest BCUT2D eigenvalue weighted by Gasteiger charge is 2.34. The first-order chi connectivity index (χ1) is 5.27. The molecular weight excluding hydrogens is 173 g/mol. The summed E-state index contributed by atoms with van der Waals surface area (Å²) in [6, 6.07) is 0. The van der Waals surface area contributed by atoms with E-state index in [9.17, 15) is 23.1 Å². The van der Waals surface area contributed by atoms with Crippen molar-refractivity contribution in [3.8, 4) is 0 Å². The predicted molar refractivity (Wildman–Crippen MR) is 34.3 cm³/mol. The first-order valence-electron chi connectivity index (χ1n) is 3.20. The molecule has 0 bridgehead atoms. The number of aliphatic carboxylic acids is 1. The van der Waals surface area contributed by atoms with Crippen molar-refractivity contribution < 1.29 is 23.1 Å². The Morgan fingerprint density at radius 3 is 2.25 bits per heavy atom. The van der Waals surface area contributed by atoms with Crippen LogP contribution >= 0.6 is 0 Å². The zero-order chi connectivity index (χ0) is 9.94. The number of alkyl halides is 3. The van der Waals surface area contributed by atoms with E-state index in [1.54, 1.807) is 0 Å². The number of carbonyl (C=O) groups is 1. The van der Waals surface area contributed by atoms with Crippen molar-refractivity contribution in [2.75, 3.05) is 0 Å². The molecule has 0 fully saturated rings. The average molecular weight is 181 g/mol. The van der Waals surface area contributed by atoms with Crippen LogP contribution in [0.3, 0.4) is 0 Å². The van der Waals surface area contributed by atoms with Crippen LogP contribution in [-0.4, -0.2) is 18.1 Å². The molecule has 0 aromatic rings. The Kier molecular flexibility index (Phi) is 3.30. The van der Waals surface area contributed by atoms with Gasteiger partial charge in [-0.2, -0.15) is 8.78 Å². The largest absolute Gasteiger partial charge is 0.545 e. The van der Waals surface area contributed by atoms with Crippen LogP contribution in [0.2, 0.25) is 0 Å². The van der Waals surface area contributed by atoms with Crippen molar-refractivity contribution in [2.24, 2.45) is 0 Å². The fourth-order valence-electron chi connectivity index (χ4n) is 0.462. The Labute approximate surface area is 67.7 Å². The van der Waals surface area contributed by atoms with Crippen molar-refractivity contribution in [1.82, 2.24) is 0 Å². The van der Waals surface area contributed by atoms with Crippen LogP contribution in [0.1, 0.15) is 13.8 Å². The minimum absolute atomic E-state index is 0.0486. The van der Waals surface area contributed by atoms with E-state index in [4.69, 9.17) is 0 Å². The summed E-state index contributed by atoms with van der Waals surface area (Å²) in [5.41, 5.74) is -0.676. The molecule has 0 amide bonds. The first kappa shape index (κ1) is 11.0. The molecule has 1 unspecified atom stereocenters. The fourth-order valence-corrected chi connectivity index (χ4v) is 0.462. The van der Waals surface area contributed by atoms with Gasteiger partial charge >= 0.3 is 0 Å². The molecule has 1 atom stereocenters. The maximum atomic E-state index is 12.4. The number of allylic oxidation sites excluding steroid dienone is 1. The third-order valence-corrected chi connectivity index (χ3v) is 1.26. The van der Waals surface area contributed by atoms with Gasteiger partial charge in [-0.15, -0.1) is 0 Å². The molecule has 0 aromatic heterocycles. The van der Waals surface area contributed by atoms with Crippen LogP contribution in [-0.2, 0) is 4.79 Å². The van der Waals surface area contributed by atoms with Crippen LogP contribution in [0.15, 0.2) is 11.6 Å². The number of carboxylic acid groups (broad SMARTS) is 1. The van der Waals surface area contributed by atoms with Crippen LogP contribution in [0.4, 0.5) is 13.2 Å². The van der Waals surface area contributed by atoms with E-state index < -0.39 is 23.6 Å². The van der Waals surface area contributed by atoms with Crippen LogP contribution < -0.4 is 5.11 Å². The molecule has 0 heterocycles. The molecule has 5 heteroatoms. The van der Waals surface area contributed by atoms with Gasteiger partial charge in [-0.25, -0.2) is 4.39 Å². The first-order valence-corrected chi connectivity index (χ1v) is 3.20. The van der Waals surface area contributed by atoms with E-state index in [-0.39, 0.29) is 6.08 Å². The lowest BCUT2D eigenvalue weighted by atomic mass is 10.1. The number of rotatable bonds is 3. The summed E-state index contributed by atoms with van der Waals surface area (Å²) >= 11 is 0. The van der Waals surface area contributed by atoms with Crippen molar-refractivity contribution >= 4 is 5.97 Å². The number of carbonyl (C=O) groups excluding carboxylic acids is 1. The number of hydrogen-bond acceptors (Lipinski definition) is 2. The molecule has 0 aliphatic carbocycles. The summed E-state index contributed by atoms with van der Waals surface area (Å²) in [4.78, 5) is 9.96. The summed E-state index contributed by atoms with van der Waals surface area (Å²) in [5.74, 6) is -5.47. The van der Waals surface area contributed by atoms with E-state index >= 15 is 0 Å². The van der Waals surface area contributed by atoms with Crippen molar-refractivity contribution in [3.05, 3.63) is 11.6 Å². The SMILES string of the molecule is C/C(=C\C(F)(F)C(C)F)C(=O)[O-]. The van der Waals surface area contributed by atoms with Crippen LogP contribution in [0, 0.1) is 0 Å². The monoisotopic (exact) mass is 181 g/mol. The van der Waals surface area contributed by atoms with Gasteiger partial charge < -0.3 is 9.90 Å². The molecule has 0 aliphatic heterocycles. The standard InChI is InChI=1S/C7H9F3O2/c1-4(6(11)12)3-7(9,10)5(2)8/h3,5H,1-2H3,(H,11,12)/p-1/b4-3+. The van der Waals surface area contributed by atoms with E-state index in [0.717, 1.165) is 6.92 Å². The molecule has 0 saturated carbocycles. The lowest BCUT2D eigenvalue weighted by molar-refractivity contribution is -0.299. The molecule has 0 spiro atoms. The molecule has 12 heavy (non-hydrogen) atoms. The summed E-state index contributed by atoms with van der Waals surface area (Å²) in [5, 5.41) is 9.96. The topological polar surface area (TPSA) is 40.1 Å². The van der Waals surface area contributed by atoms with E-state index in [0.29, 0.717) is 6.92 Å². The second kappa shape index (κ2) is 3.60. The highest BCUT2D eigenvalue weighted by molar-refractivity contribution is 5.84. The molecule has 0 rings (SSSR count). The molecule has 2 nitrogen and oxygen atoms in total. The third-order valence-electron chi connectivity index (χ3n) is 1.26. The van der Waals surface area contributed by atoms with E-state index in [1.807, 2.05) is 0 Å². The molecule has 0 aliphatic rings. The number of carboxylic acids is 1. The van der Waals surface area contributed by atoms with Gasteiger partial charge in [-0.3, -0.25) is 0 Å². The van der Waals surface area contributed by atoms with Crippen LogP contribution in [0.5, 0.6) is 0 Å². The van der Waals surface area contributed by atoms with Gasteiger partial charge in [-0.05, 0) is 25.5 Å². The van der Waals surface area contributed by atoms with Crippen molar-refractivity contribution in [2.45, 2.75) is 25.9 Å². The maximum Gasteiger partial charge on any atom is 0.297 e. The third kappa shape index (κ3) is 2.94. The lowest BCUT2D eigenvalue weighted by Gasteiger charge is -2.14. The normalized spacial score (nSPS) is 15.9. The minimum atomic E-state index is -3.75. The smallest absolute Gasteiger partial charge is 0.297 e. The maximum absolute atomic E-state index is 12.4. The quantitative estimate of drug-likeness (QED) is 0.600. The Morgan fingerprint density at radius 1 is 1.58 bits per heavy atom. The van der Waals surface area contributed by atoms with Crippen molar-refractivity contribution in [3.63, 3.8) is 0 Å². The summed E-state index contributed by atoms with van der Waals surface area (Å²) in [7, 11) is 0. The fraction of sp³-hybridized carbons (Fsp3) is 0.571. The van der Waals surface area contributed by atoms with Crippen LogP contribution in [0.25, 0.3) is 0 Å². The zero-order valence-electron chi connectivity index (χ0n) is 6.61. The Bertz CT molecular complexity index is 209. The average Bonchev–Trinajstić information content (AvgIpc) is 1.85. The summed E-state index contributed by atoms with van der Waals surface area (Å²) < 4.78 is 36.9. The van der Waals surface area contributed by atoms with Gasteiger partial charge in [0, 0.05) is 0 Å². The zero-order valence-corrected chi connectivity index (χ0v) is 6.61. The summed E-state index contributed by atoms with van der Waals surface area (Å²) in [6.07, 6.45) is -2.36. The second-order valence-electron chi connectivity index (χ2n) is 2.41. The van der Waals surface area contributed by atoms with Gasteiger partial charge in [0.25, 0.3) is 5.92 Å². The highest BCUT2D eigenvalue weighted by Crippen LogP contribution is 2.24. The van der Waals surface area contributed by atoms with Crippen molar-refractivity contribution in [1.29, 1.82) is 0 Å². The number of hydrogen-bond donors (Lipinski definition) is 0. The molecule has 0 aromatic carbocycles. The Morgan fingerprint density at radius 2 is 2.00 bits per heavy atom. The molecule has 0 radical (unpaired) electrons. The Hall–Kier alpha value is -1.00. The van der Waals surface area contributed by atoms with E-state index in [2.05, 4.69) is 0 Å².